The van der Waals surface area contributed by atoms with Crippen LogP contribution in [0.2, 0.25) is 0 Å². The average Bonchev–Trinajstić information content (AvgIpc) is 3.15. The molecule has 2 aliphatic rings. The summed E-state index contributed by atoms with van der Waals surface area (Å²) in [7, 11) is 0. The van der Waals surface area contributed by atoms with E-state index >= 15 is 0 Å². The minimum absolute atomic E-state index is 0.253. The van der Waals surface area contributed by atoms with Crippen molar-refractivity contribution in [2.24, 2.45) is 5.92 Å². The molecule has 1 aliphatic carbocycles. The number of rotatable bonds is 5. The summed E-state index contributed by atoms with van der Waals surface area (Å²) in [4.78, 5) is 36.0. The van der Waals surface area contributed by atoms with Crippen molar-refractivity contribution in [1.82, 2.24) is 9.97 Å². The van der Waals surface area contributed by atoms with Crippen molar-refractivity contribution in [2.75, 3.05) is 16.8 Å². The Labute approximate surface area is 176 Å². The number of ether oxygens (including phenoxy) is 1. The molecular weight excluding hydrogens is 380 g/mol. The first kappa shape index (κ1) is 20.3. The summed E-state index contributed by atoms with van der Waals surface area (Å²) in [5, 5.41) is 2.79. The van der Waals surface area contributed by atoms with Crippen LogP contribution in [0.1, 0.15) is 43.2 Å². The molecular formula is C23H28N4O3. The van der Waals surface area contributed by atoms with E-state index in [1.165, 1.54) is 6.42 Å². The van der Waals surface area contributed by atoms with Crippen molar-refractivity contribution < 1.29 is 14.3 Å². The first-order chi connectivity index (χ1) is 14.5. The third kappa shape index (κ3) is 4.30. The van der Waals surface area contributed by atoms with Crippen LogP contribution in [-0.4, -0.2) is 40.5 Å². The van der Waals surface area contributed by atoms with Gasteiger partial charge in [0.15, 0.2) is 6.61 Å². The molecule has 7 nitrogen and oxygen atoms in total. The normalized spacial score (nSPS) is 23.0. The van der Waals surface area contributed by atoms with E-state index in [9.17, 15) is 9.59 Å². The quantitative estimate of drug-likeness (QED) is 0.763. The largest absolute Gasteiger partial charge is 0.454 e. The van der Waals surface area contributed by atoms with Gasteiger partial charge in [0.05, 0.1) is 0 Å². The number of esters is 1. The van der Waals surface area contributed by atoms with E-state index in [2.05, 4.69) is 15.3 Å². The third-order valence-corrected chi connectivity index (χ3v) is 6.28. The molecule has 3 atom stereocenters. The van der Waals surface area contributed by atoms with E-state index in [0.717, 1.165) is 36.8 Å². The molecule has 4 rings (SSSR count). The van der Waals surface area contributed by atoms with E-state index in [-0.39, 0.29) is 24.5 Å². The van der Waals surface area contributed by atoms with Gasteiger partial charge in [-0.05, 0) is 68.4 Å². The number of nitrogens with one attached hydrogen (secondary N) is 1. The molecule has 1 saturated carbocycles. The standard InChI is InChI=1S/C23H28N4O3/c1-15-8-9-18(12-16(15)2)26-21(28)14-30-22(29)20-13-17-6-3-4-7-19(17)27(20)23-24-10-5-11-25-23/h5,8-12,17,19-20H,3-4,6-7,13-14H2,1-2H3,(H,26,28)/t17-,19-,20-/m0/s1. The third-order valence-electron chi connectivity index (χ3n) is 6.28. The Bertz CT molecular complexity index is 918. The van der Waals surface area contributed by atoms with Crippen LogP contribution in [0.25, 0.3) is 0 Å². The van der Waals surface area contributed by atoms with E-state index < -0.39 is 6.04 Å². The molecule has 1 aromatic heterocycles. The van der Waals surface area contributed by atoms with E-state index in [1.807, 2.05) is 36.9 Å². The number of aryl methyl sites for hydroxylation is 2. The van der Waals surface area contributed by atoms with Gasteiger partial charge in [-0.2, -0.15) is 0 Å². The zero-order valence-electron chi connectivity index (χ0n) is 17.5. The van der Waals surface area contributed by atoms with Crippen LogP contribution in [0.3, 0.4) is 0 Å². The summed E-state index contributed by atoms with van der Waals surface area (Å²) < 4.78 is 5.42. The molecule has 7 heteroatoms. The highest BCUT2D eigenvalue weighted by atomic mass is 16.5. The van der Waals surface area contributed by atoms with Gasteiger partial charge in [0, 0.05) is 24.1 Å². The minimum Gasteiger partial charge on any atom is -0.454 e. The first-order valence-electron chi connectivity index (χ1n) is 10.6. The molecule has 0 unspecified atom stereocenters. The predicted molar refractivity (Wildman–Crippen MR) is 114 cm³/mol. The number of fused-ring (bicyclic) bond motifs is 1. The second kappa shape index (κ2) is 8.81. The Morgan fingerprint density at radius 3 is 2.67 bits per heavy atom. The monoisotopic (exact) mass is 408 g/mol. The Morgan fingerprint density at radius 2 is 1.90 bits per heavy atom. The molecule has 2 aromatic rings. The lowest BCUT2D eigenvalue weighted by atomic mass is 9.85. The van der Waals surface area contributed by atoms with Crippen LogP contribution >= 0.6 is 0 Å². The molecule has 1 aliphatic heterocycles. The van der Waals surface area contributed by atoms with Gasteiger partial charge in [-0.1, -0.05) is 18.9 Å². The fourth-order valence-electron chi connectivity index (χ4n) is 4.63. The van der Waals surface area contributed by atoms with Crippen LogP contribution in [0.4, 0.5) is 11.6 Å². The second-order valence-electron chi connectivity index (χ2n) is 8.27. The molecule has 30 heavy (non-hydrogen) atoms. The number of hydrogen-bond donors (Lipinski definition) is 1. The van der Waals surface area contributed by atoms with Gasteiger partial charge in [0.25, 0.3) is 5.91 Å². The van der Waals surface area contributed by atoms with Gasteiger partial charge >= 0.3 is 5.97 Å². The molecule has 2 fully saturated rings. The molecule has 158 valence electrons. The molecule has 1 amide bonds. The van der Waals surface area contributed by atoms with Crippen molar-refractivity contribution in [3.63, 3.8) is 0 Å². The number of amides is 1. The number of nitrogens with zero attached hydrogens (tertiary/aromatic N) is 3. The van der Waals surface area contributed by atoms with Gasteiger partial charge in [0.1, 0.15) is 6.04 Å². The fraction of sp³-hybridized carbons (Fsp3) is 0.478. The van der Waals surface area contributed by atoms with Gasteiger partial charge in [-0.15, -0.1) is 0 Å². The maximum atomic E-state index is 12.9. The number of benzene rings is 1. The van der Waals surface area contributed by atoms with Crippen molar-refractivity contribution in [3.05, 3.63) is 47.8 Å². The van der Waals surface area contributed by atoms with Crippen LogP contribution in [0, 0.1) is 19.8 Å². The lowest BCUT2D eigenvalue weighted by Gasteiger charge is -2.33. The van der Waals surface area contributed by atoms with E-state index in [1.54, 1.807) is 18.5 Å². The predicted octanol–water partition coefficient (Wildman–Crippen LogP) is 3.41. The summed E-state index contributed by atoms with van der Waals surface area (Å²) in [6.07, 6.45) is 8.57. The van der Waals surface area contributed by atoms with E-state index in [4.69, 9.17) is 4.74 Å². The van der Waals surface area contributed by atoms with Crippen molar-refractivity contribution in [3.8, 4) is 0 Å². The number of anilines is 2. The number of hydrogen-bond acceptors (Lipinski definition) is 6. The number of carbonyl (C=O) groups is 2. The maximum absolute atomic E-state index is 12.9. The molecule has 1 aromatic carbocycles. The highest BCUT2D eigenvalue weighted by Crippen LogP contribution is 2.41. The van der Waals surface area contributed by atoms with E-state index in [0.29, 0.717) is 17.6 Å². The van der Waals surface area contributed by atoms with Gasteiger partial charge < -0.3 is 15.0 Å². The minimum atomic E-state index is -0.449. The van der Waals surface area contributed by atoms with Crippen molar-refractivity contribution >= 4 is 23.5 Å². The molecule has 0 bridgehead atoms. The molecule has 0 radical (unpaired) electrons. The smallest absolute Gasteiger partial charge is 0.329 e. The Morgan fingerprint density at radius 1 is 1.13 bits per heavy atom. The maximum Gasteiger partial charge on any atom is 0.329 e. The van der Waals surface area contributed by atoms with Gasteiger partial charge in [-0.25, -0.2) is 14.8 Å². The van der Waals surface area contributed by atoms with Crippen LogP contribution in [0.15, 0.2) is 36.7 Å². The Kier molecular flexibility index (Phi) is 5.97. The topological polar surface area (TPSA) is 84.4 Å². The molecule has 2 heterocycles. The van der Waals surface area contributed by atoms with Crippen molar-refractivity contribution in [1.29, 1.82) is 0 Å². The summed E-state index contributed by atoms with van der Waals surface area (Å²) in [5.41, 5.74) is 2.95. The fourth-order valence-corrected chi connectivity index (χ4v) is 4.63. The summed E-state index contributed by atoms with van der Waals surface area (Å²) >= 11 is 0. The zero-order valence-corrected chi connectivity index (χ0v) is 17.5. The zero-order chi connectivity index (χ0) is 21.1. The average molecular weight is 409 g/mol. The van der Waals surface area contributed by atoms with Gasteiger partial charge in [0.2, 0.25) is 5.95 Å². The van der Waals surface area contributed by atoms with Crippen LogP contribution in [-0.2, 0) is 14.3 Å². The Balaban J connectivity index is 1.41. The molecule has 0 spiro atoms. The van der Waals surface area contributed by atoms with Crippen LogP contribution < -0.4 is 10.2 Å². The lowest BCUT2D eigenvalue weighted by Crippen LogP contribution is -2.44. The summed E-state index contributed by atoms with van der Waals surface area (Å²) in [5.74, 6) is 0.273. The highest BCUT2D eigenvalue weighted by molar-refractivity contribution is 5.93. The van der Waals surface area contributed by atoms with Crippen LogP contribution in [0.5, 0.6) is 0 Å². The second-order valence-corrected chi connectivity index (χ2v) is 8.27. The molecule has 1 N–H and O–H groups in total. The highest BCUT2D eigenvalue weighted by Gasteiger charge is 2.47. The molecule has 1 saturated heterocycles. The van der Waals surface area contributed by atoms with Crippen molar-refractivity contribution in [2.45, 2.75) is 58.0 Å². The van der Waals surface area contributed by atoms with Gasteiger partial charge in [-0.3, -0.25) is 4.79 Å². The first-order valence-corrected chi connectivity index (χ1v) is 10.6. The Hall–Kier alpha value is -2.96. The lowest BCUT2D eigenvalue weighted by molar-refractivity contribution is -0.148. The number of aromatic nitrogens is 2. The SMILES string of the molecule is Cc1ccc(NC(=O)COC(=O)[C@@H]2C[C@@H]3CCCC[C@@H]3N2c2ncccn2)cc1C. The summed E-state index contributed by atoms with van der Waals surface area (Å²) in [6.45, 7) is 3.70. The summed E-state index contributed by atoms with van der Waals surface area (Å²) in [6, 6.07) is 7.28. The number of carbonyl (C=O) groups excluding carboxylic acids is 2.